The lowest BCUT2D eigenvalue weighted by atomic mass is 9.94. The summed E-state index contributed by atoms with van der Waals surface area (Å²) in [5.74, 6) is 0.212. The Morgan fingerprint density at radius 1 is 1.12 bits per heavy atom. The van der Waals surface area contributed by atoms with E-state index < -0.39 is 12.0 Å². The molecule has 1 atom stereocenters. The molecule has 0 radical (unpaired) electrons. The predicted molar refractivity (Wildman–Crippen MR) is 122 cm³/mol. The van der Waals surface area contributed by atoms with Gasteiger partial charge in [-0.3, -0.25) is 9.59 Å². The van der Waals surface area contributed by atoms with Crippen molar-refractivity contribution in [3.05, 3.63) is 97.1 Å². The molecule has 1 aliphatic carbocycles. The van der Waals surface area contributed by atoms with E-state index in [2.05, 4.69) is 17.1 Å². The minimum absolute atomic E-state index is 0.105. The minimum atomic E-state index is -1.38. The Balaban J connectivity index is 1.39. The van der Waals surface area contributed by atoms with E-state index in [1.165, 1.54) is 17.0 Å². The van der Waals surface area contributed by atoms with Crippen LogP contribution in [0.25, 0.3) is 0 Å². The molecule has 2 aliphatic rings. The van der Waals surface area contributed by atoms with Crippen LogP contribution in [0.2, 0.25) is 10.0 Å². The van der Waals surface area contributed by atoms with Crippen LogP contribution in [0.3, 0.4) is 0 Å². The molecule has 6 nitrogen and oxygen atoms in total. The average molecular weight is 470 g/mol. The smallest absolute Gasteiger partial charge is 0.256 e. The summed E-state index contributed by atoms with van der Waals surface area (Å²) >= 11 is 11.9. The quantitative estimate of drug-likeness (QED) is 0.608. The first-order valence-electron chi connectivity index (χ1n) is 10.5. The van der Waals surface area contributed by atoms with E-state index >= 15 is 0 Å². The van der Waals surface area contributed by atoms with E-state index in [9.17, 15) is 14.7 Å². The van der Waals surface area contributed by atoms with Gasteiger partial charge < -0.3 is 15.0 Å². The Labute approximate surface area is 194 Å². The maximum absolute atomic E-state index is 13.0. The normalized spacial score (nSPS) is 17.5. The summed E-state index contributed by atoms with van der Waals surface area (Å²) < 4.78 is 0. The molecule has 3 aromatic rings. The number of H-pyrrole nitrogens is 1. The SMILES string of the molecule is O=C(C(O)c1ccc(Cl)c(Cl)c1)N1CCc2nc(C3(c4ccccc4)CC3)[nH]c(=O)c2C1. The zero-order valence-electron chi connectivity index (χ0n) is 17.1. The van der Waals surface area contributed by atoms with Gasteiger partial charge in [-0.2, -0.15) is 0 Å². The third-order valence-electron chi connectivity index (χ3n) is 6.40. The summed E-state index contributed by atoms with van der Waals surface area (Å²) in [6.07, 6.45) is 0.959. The van der Waals surface area contributed by atoms with E-state index in [4.69, 9.17) is 28.2 Å². The molecule has 5 rings (SSSR count). The molecule has 2 aromatic carbocycles. The monoisotopic (exact) mass is 469 g/mol. The van der Waals surface area contributed by atoms with E-state index in [0.717, 1.165) is 24.1 Å². The average Bonchev–Trinajstić information content (AvgIpc) is 3.62. The molecule has 1 aliphatic heterocycles. The Hall–Kier alpha value is -2.67. The number of benzene rings is 2. The van der Waals surface area contributed by atoms with Gasteiger partial charge in [0.05, 0.1) is 33.3 Å². The molecule has 1 fully saturated rings. The van der Waals surface area contributed by atoms with Gasteiger partial charge in [0.25, 0.3) is 11.5 Å². The Morgan fingerprint density at radius 3 is 2.56 bits per heavy atom. The van der Waals surface area contributed by atoms with Crippen molar-refractivity contribution in [1.29, 1.82) is 0 Å². The highest BCUT2D eigenvalue weighted by Gasteiger charge is 2.48. The molecule has 1 aromatic heterocycles. The molecule has 32 heavy (non-hydrogen) atoms. The van der Waals surface area contributed by atoms with Crippen molar-refractivity contribution >= 4 is 29.1 Å². The second-order valence-corrected chi connectivity index (χ2v) is 9.19. The standard InChI is InChI=1S/C24H21Cl2N3O3/c25-17-7-6-14(12-18(17)26)20(30)22(32)29-11-8-19-16(13-29)21(31)28-23(27-19)24(9-10-24)15-4-2-1-3-5-15/h1-7,12,20,30H,8-11,13H2,(H,27,28,31). The van der Waals surface area contributed by atoms with Crippen LogP contribution in [0.15, 0.2) is 53.3 Å². The van der Waals surface area contributed by atoms with Crippen LogP contribution in [-0.2, 0) is 23.2 Å². The van der Waals surface area contributed by atoms with Gasteiger partial charge in [0.15, 0.2) is 6.10 Å². The van der Waals surface area contributed by atoms with Crippen LogP contribution in [-0.4, -0.2) is 32.4 Å². The van der Waals surface area contributed by atoms with Crippen molar-refractivity contribution in [3.8, 4) is 0 Å². The number of halogens is 2. The summed E-state index contributed by atoms with van der Waals surface area (Å²) in [5.41, 5.74) is 2.25. The molecule has 1 amide bonds. The number of aromatic amines is 1. The molecule has 8 heteroatoms. The maximum atomic E-state index is 13.0. The molecule has 0 saturated heterocycles. The van der Waals surface area contributed by atoms with Crippen molar-refractivity contribution in [2.24, 2.45) is 0 Å². The predicted octanol–water partition coefficient (Wildman–Crippen LogP) is 3.77. The Bertz CT molecular complexity index is 1260. The van der Waals surface area contributed by atoms with Crippen LogP contribution < -0.4 is 5.56 Å². The molecule has 0 spiro atoms. The summed E-state index contributed by atoms with van der Waals surface area (Å²) in [5, 5.41) is 11.2. The number of nitrogens with zero attached hydrogens (tertiary/aromatic N) is 2. The molecule has 1 unspecified atom stereocenters. The topological polar surface area (TPSA) is 86.3 Å². The zero-order chi connectivity index (χ0) is 22.5. The lowest BCUT2D eigenvalue weighted by Gasteiger charge is -2.30. The number of carbonyl (C=O) groups is 1. The highest BCUT2D eigenvalue weighted by Crippen LogP contribution is 2.51. The number of aliphatic hydroxyl groups is 1. The van der Waals surface area contributed by atoms with Gasteiger partial charge in [0, 0.05) is 13.0 Å². The van der Waals surface area contributed by atoms with Gasteiger partial charge >= 0.3 is 0 Å². The lowest BCUT2D eigenvalue weighted by molar-refractivity contribution is -0.141. The van der Waals surface area contributed by atoms with Gasteiger partial charge in [-0.05, 0) is 36.1 Å². The number of nitrogens with one attached hydrogen (secondary N) is 1. The first kappa shape index (κ1) is 21.2. The summed E-state index contributed by atoms with van der Waals surface area (Å²) in [6.45, 7) is 0.478. The molecular formula is C24H21Cl2N3O3. The summed E-state index contributed by atoms with van der Waals surface area (Å²) in [4.78, 5) is 35.1. The van der Waals surface area contributed by atoms with Gasteiger partial charge in [-0.15, -0.1) is 0 Å². The highest BCUT2D eigenvalue weighted by atomic mass is 35.5. The second-order valence-electron chi connectivity index (χ2n) is 8.37. The molecule has 2 N–H and O–H groups in total. The fourth-order valence-corrected chi connectivity index (χ4v) is 4.69. The number of aromatic nitrogens is 2. The van der Waals surface area contributed by atoms with Gasteiger partial charge in [0.1, 0.15) is 5.82 Å². The van der Waals surface area contributed by atoms with E-state index in [-0.39, 0.29) is 22.5 Å². The highest BCUT2D eigenvalue weighted by molar-refractivity contribution is 6.42. The second kappa shape index (κ2) is 8.03. The van der Waals surface area contributed by atoms with Gasteiger partial charge in [-0.1, -0.05) is 59.6 Å². The molecular weight excluding hydrogens is 449 g/mol. The van der Waals surface area contributed by atoms with E-state index in [0.29, 0.717) is 34.9 Å². The number of carbonyl (C=O) groups excluding carboxylic acids is 1. The molecule has 1 saturated carbocycles. The Morgan fingerprint density at radius 2 is 1.88 bits per heavy atom. The fraction of sp³-hybridized carbons (Fsp3) is 0.292. The third-order valence-corrected chi connectivity index (χ3v) is 7.14. The van der Waals surface area contributed by atoms with E-state index in [1.54, 1.807) is 6.07 Å². The molecule has 0 bridgehead atoms. The largest absolute Gasteiger partial charge is 0.378 e. The van der Waals surface area contributed by atoms with E-state index in [1.807, 2.05) is 18.2 Å². The zero-order valence-corrected chi connectivity index (χ0v) is 18.7. The van der Waals surface area contributed by atoms with Crippen LogP contribution in [0, 0.1) is 0 Å². The molecule has 164 valence electrons. The van der Waals surface area contributed by atoms with Crippen molar-refractivity contribution in [2.75, 3.05) is 6.54 Å². The number of rotatable bonds is 4. The van der Waals surface area contributed by atoms with Crippen LogP contribution >= 0.6 is 23.2 Å². The van der Waals surface area contributed by atoms with Crippen molar-refractivity contribution in [1.82, 2.24) is 14.9 Å². The van der Waals surface area contributed by atoms with Gasteiger partial charge in [0.2, 0.25) is 0 Å². The summed E-state index contributed by atoms with van der Waals surface area (Å²) in [7, 11) is 0. The maximum Gasteiger partial charge on any atom is 0.256 e. The third kappa shape index (κ3) is 3.62. The summed E-state index contributed by atoms with van der Waals surface area (Å²) in [6, 6.07) is 14.7. The van der Waals surface area contributed by atoms with Crippen molar-refractivity contribution in [3.63, 3.8) is 0 Å². The lowest BCUT2D eigenvalue weighted by Crippen LogP contribution is -2.42. The fourth-order valence-electron chi connectivity index (χ4n) is 4.38. The molecule has 2 heterocycles. The van der Waals surface area contributed by atoms with Crippen molar-refractivity contribution < 1.29 is 9.90 Å². The first-order chi connectivity index (χ1) is 15.4. The number of fused-ring (bicyclic) bond motifs is 1. The van der Waals surface area contributed by atoms with Crippen LogP contribution in [0.5, 0.6) is 0 Å². The first-order valence-corrected chi connectivity index (χ1v) is 11.2. The van der Waals surface area contributed by atoms with Crippen LogP contribution in [0.1, 0.15) is 47.2 Å². The number of aliphatic hydroxyl groups excluding tert-OH is 1. The van der Waals surface area contributed by atoms with Crippen LogP contribution in [0.4, 0.5) is 0 Å². The van der Waals surface area contributed by atoms with Crippen molar-refractivity contribution in [2.45, 2.75) is 37.3 Å². The number of hydrogen-bond acceptors (Lipinski definition) is 4. The number of amides is 1. The van der Waals surface area contributed by atoms with Gasteiger partial charge in [-0.25, -0.2) is 4.98 Å². The minimum Gasteiger partial charge on any atom is -0.378 e. The number of hydrogen-bond donors (Lipinski definition) is 2. The Kier molecular flexibility index (Phi) is 5.32.